The Hall–Kier alpha value is -1.87. The van der Waals surface area contributed by atoms with E-state index in [4.69, 9.17) is 9.15 Å². The summed E-state index contributed by atoms with van der Waals surface area (Å²) in [5.41, 5.74) is 1.42. The van der Waals surface area contributed by atoms with Crippen molar-refractivity contribution in [2.75, 3.05) is 6.61 Å². The summed E-state index contributed by atoms with van der Waals surface area (Å²) in [6, 6.07) is 5.63. The number of nitrogens with zero attached hydrogens (tertiary/aromatic N) is 4. The normalized spacial score (nSPS) is 11.1. The number of halogens is 1. The predicted molar refractivity (Wildman–Crippen MR) is 92.9 cm³/mol. The molecule has 0 saturated heterocycles. The van der Waals surface area contributed by atoms with Crippen LogP contribution >= 0.6 is 27.7 Å². The van der Waals surface area contributed by atoms with Crippen LogP contribution in [0.15, 0.2) is 32.2 Å². The summed E-state index contributed by atoms with van der Waals surface area (Å²) in [5.74, 6) is 0.265. The Morgan fingerprint density at radius 2 is 2.25 bits per heavy atom. The van der Waals surface area contributed by atoms with Gasteiger partial charge in [0.25, 0.3) is 0 Å². The maximum absolute atomic E-state index is 12.2. The molecule has 3 rings (SSSR count). The topological polar surface area (TPSA) is 83.0 Å². The van der Waals surface area contributed by atoms with Crippen LogP contribution in [0.2, 0.25) is 0 Å². The van der Waals surface area contributed by atoms with E-state index in [2.05, 4.69) is 31.5 Å². The van der Waals surface area contributed by atoms with E-state index in [0.29, 0.717) is 29.6 Å². The Kier molecular flexibility index (Phi) is 5.20. The van der Waals surface area contributed by atoms with Gasteiger partial charge in [-0.15, -0.1) is 5.10 Å². The highest BCUT2D eigenvalue weighted by atomic mass is 79.9. The van der Waals surface area contributed by atoms with E-state index in [1.165, 1.54) is 11.8 Å². The summed E-state index contributed by atoms with van der Waals surface area (Å²) in [4.78, 5) is 12.2. The molecule has 0 unspecified atom stereocenters. The van der Waals surface area contributed by atoms with E-state index in [-0.39, 0.29) is 5.76 Å². The van der Waals surface area contributed by atoms with Crippen LogP contribution in [-0.4, -0.2) is 32.8 Å². The molecule has 0 radical (unpaired) electrons. The third kappa shape index (κ3) is 3.32. The minimum Gasteiger partial charge on any atom is -0.460 e. The Bertz CT molecular complexity index is 877. The zero-order valence-electron chi connectivity index (χ0n) is 13.2. The minimum atomic E-state index is -0.462. The molecular formula is C15H15BrN4O3S. The third-order valence-electron chi connectivity index (χ3n) is 3.36. The van der Waals surface area contributed by atoms with Crippen LogP contribution in [0.4, 0.5) is 0 Å². The minimum absolute atomic E-state index is 0.230. The first-order valence-electron chi connectivity index (χ1n) is 7.41. The van der Waals surface area contributed by atoms with Crippen molar-refractivity contribution in [1.82, 2.24) is 20.2 Å². The maximum atomic E-state index is 12.2. The van der Waals surface area contributed by atoms with Gasteiger partial charge in [-0.05, 0) is 42.5 Å². The van der Waals surface area contributed by atoms with Crippen LogP contribution in [0.5, 0.6) is 0 Å². The van der Waals surface area contributed by atoms with Gasteiger partial charge < -0.3 is 9.15 Å². The first-order chi connectivity index (χ1) is 11.6. The predicted octanol–water partition coefficient (Wildman–Crippen LogP) is 3.67. The number of ether oxygens (including phenoxy) is 1. The van der Waals surface area contributed by atoms with Gasteiger partial charge in [0, 0.05) is 27.7 Å². The van der Waals surface area contributed by atoms with Crippen LogP contribution in [0.25, 0.3) is 11.0 Å². The van der Waals surface area contributed by atoms with Crippen molar-refractivity contribution >= 4 is 44.6 Å². The van der Waals surface area contributed by atoms with Gasteiger partial charge in [0.15, 0.2) is 0 Å². The van der Waals surface area contributed by atoms with Gasteiger partial charge in [-0.2, -0.15) is 0 Å². The number of furan rings is 1. The molecule has 2 aromatic heterocycles. The van der Waals surface area contributed by atoms with E-state index < -0.39 is 5.97 Å². The molecule has 7 nitrogen and oxygen atoms in total. The second kappa shape index (κ2) is 7.35. The van der Waals surface area contributed by atoms with E-state index >= 15 is 0 Å². The summed E-state index contributed by atoms with van der Waals surface area (Å²) < 4.78 is 13.5. The molecule has 24 heavy (non-hydrogen) atoms. The highest BCUT2D eigenvalue weighted by Crippen LogP contribution is 2.33. The molecule has 3 aromatic rings. The molecule has 1 aromatic carbocycles. The first-order valence-corrected chi connectivity index (χ1v) is 9.18. The van der Waals surface area contributed by atoms with Crippen LogP contribution in [0.3, 0.4) is 0 Å². The molecule has 0 spiro atoms. The van der Waals surface area contributed by atoms with E-state index in [9.17, 15) is 4.79 Å². The number of carbonyl (C=O) groups is 1. The fraction of sp³-hybridized carbons (Fsp3) is 0.333. The molecule has 0 amide bonds. The van der Waals surface area contributed by atoms with Gasteiger partial charge in [0.05, 0.1) is 6.61 Å². The summed E-state index contributed by atoms with van der Waals surface area (Å²) in [6.07, 6.45) is 0. The average Bonchev–Trinajstić information content (AvgIpc) is 3.16. The fourth-order valence-electron chi connectivity index (χ4n) is 2.26. The maximum Gasteiger partial charge on any atom is 0.374 e. The van der Waals surface area contributed by atoms with Gasteiger partial charge >= 0.3 is 5.97 Å². The molecule has 2 heterocycles. The largest absolute Gasteiger partial charge is 0.460 e. The standard InChI is InChI=1S/C15H15BrN4O3S/c1-3-20-15(17-18-19-20)24-8-11-10-7-9(16)5-6-12(10)23-13(11)14(21)22-4-2/h5-7H,3-4,8H2,1-2H3. The number of aromatic nitrogens is 4. The number of thioether (sulfide) groups is 1. The number of rotatable bonds is 6. The van der Waals surface area contributed by atoms with Gasteiger partial charge in [0.1, 0.15) is 5.58 Å². The molecule has 0 fully saturated rings. The van der Waals surface area contributed by atoms with Gasteiger partial charge in [-0.25, -0.2) is 9.48 Å². The van der Waals surface area contributed by atoms with Crippen LogP contribution < -0.4 is 0 Å². The van der Waals surface area contributed by atoms with Gasteiger partial charge in [-0.1, -0.05) is 27.7 Å². The zero-order valence-corrected chi connectivity index (χ0v) is 15.6. The number of benzene rings is 1. The quantitative estimate of drug-likeness (QED) is 0.452. The zero-order chi connectivity index (χ0) is 17.1. The summed E-state index contributed by atoms with van der Waals surface area (Å²) >= 11 is 4.91. The van der Waals surface area contributed by atoms with Crippen molar-refractivity contribution in [1.29, 1.82) is 0 Å². The lowest BCUT2D eigenvalue weighted by molar-refractivity contribution is 0.0491. The SMILES string of the molecule is CCOC(=O)c1oc2ccc(Br)cc2c1CSc1nnnn1CC. The number of esters is 1. The van der Waals surface area contributed by atoms with E-state index in [0.717, 1.165) is 15.4 Å². The Labute approximate surface area is 150 Å². The fourth-order valence-corrected chi connectivity index (χ4v) is 3.59. The van der Waals surface area contributed by atoms with Crippen molar-refractivity contribution in [3.05, 3.63) is 34.0 Å². The third-order valence-corrected chi connectivity index (χ3v) is 4.83. The Morgan fingerprint density at radius 1 is 1.42 bits per heavy atom. The molecule has 0 N–H and O–H groups in total. The molecule has 126 valence electrons. The lowest BCUT2D eigenvalue weighted by Crippen LogP contribution is -2.06. The molecule has 0 aliphatic rings. The highest BCUT2D eigenvalue weighted by Gasteiger charge is 2.22. The van der Waals surface area contributed by atoms with Crippen molar-refractivity contribution in [2.45, 2.75) is 31.3 Å². The van der Waals surface area contributed by atoms with Crippen LogP contribution in [-0.2, 0) is 17.0 Å². The van der Waals surface area contributed by atoms with Crippen molar-refractivity contribution < 1.29 is 13.9 Å². The smallest absolute Gasteiger partial charge is 0.374 e. The average molecular weight is 411 g/mol. The monoisotopic (exact) mass is 410 g/mol. The lowest BCUT2D eigenvalue weighted by atomic mass is 10.1. The second-order valence-corrected chi connectivity index (χ2v) is 6.69. The number of hydrogen-bond acceptors (Lipinski definition) is 7. The van der Waals surface area contributed by atoms with Crippen molar-refractivity contribution in [3.8, 4) is 0 Å². The Balaban J connectivity index is 1.98. The molecule has 0 saturated carbocycles. The van der Waals surface area contributed by atoms with Gasteiger partial charge in [-0.3, -0.25) is 0 Å². The van der Waals surface area contributed by atoms with Crippen LogP contribution in [0, 0.1) is 0 Å². The second-order valence-electron chi connectivity index (χ2n) is 4.84. The number of fused-ring (bicyclic) bond motifs is 1. The molecule has 0 bridgehead atoms. The summed E-state index contributed by atoms with van der Waals surface area (Å²) in [7, 11) is 0. The summed E-state index contributed by atoms with van der Waals surface area (Å²) in [5, 5.41) is 13.2. The molecule has 9 heteroatoms. The highest BCUT2D eigenvalue weighted by molar-refractivity contribution is 9.10. The first kappa shape index (κ1) is 17.0. The molecule has 0 aliphatic carbocycles. The lowest BCUT2D eigenvalue weighted by Gasteiger charge is -2.03. The van der Waals surface area contributed by atoms with Crippen LogP contribution in [0.1, 0.15) is 30.0 Å². The molecule has 0 aliphatic heterocycles. The van der Waals surface area contributed by atoms with Gasteiger partial charge in [0.2, 0.25) is 10.9 Å². The number of aryl methyl sites for hydroxylation is 1. The Morgan fingerprint density at radius 3 is 3.00 bits per heavy atom. The summed E-state index contributed by atoms with van der Waals surface area (Å²) in [6.45, 7) is 4.70. The number of hydrogen-bond donors (Lipinski definition) is 0. The van der Waals surface area contributed by atoms with E-state index in [1.54, 1.807) is 11.6 Å². The van der Waals surface area contributed by atoms with Crippen molar-refractivity contribution in [3.63, 3.8) is 0 Å². The number of tetrazole rings is 1. The molecular weight excluding hydrogens is 396 g/mol. The van der Waals surface area contributed by atoms with Crippen molar-refractivity contribution in [2.24, 2.45) is 0 Å². The molecule has 0 atom stereocenters. The van der Waals surface area contributed by atoms with E-state index in [1.807, 2.05) is 25.1 Å². The number of carbonyl (C=O) groups excluding carboxylic acids is 1.